The number of aliphatic hydroxyl groups excluding tert-OH is 1. The van der Waals surface area contributed by atoms with Crippen molar-refractivity contribution < 1.29 is 14.6 Å². The van der Waals surface area contributed by atoms with E-state index in [1.54, 1.807) is 0 Å². The van der Waals surface area contributed by atoms with Gasteiger partial charge < -0.3 is 15.2 Å². The molecule has 2 aliphatic rings. The van der Waals surface area contributed by atoms with Gasteiger partial charge in [0.25, 0.3) is 0 Å². The van der Waals surface area contributed by atoms with Gasteiger partial charge in [-0.05, 0) is 33.6 Å². The minimum Gasteiger partial charge on any atom is -0.444 e. The zero-order chi connectivity index (χ0) is 12.6. The van der Waals surface area contributed by atoms with Gasteiger partial charge in [0, 0.05) is 17.9 Å². The molecule has 0 aromatic rings. The van der Waals surface area contributed by atoms with E-state index in [1.807, 2.05) is 20.8 Å². The topological polar surface area (TPSA) is 58.6 Å². The van der Waals surface area contributed by atoms with E-state index in [0.717, 1.165) is 12.8 Å². The Morgan fingerprint density at radius 2 is 1.82 bits per heavy atom. The summed E-state index contributed by atoms with van der Waals surface area (Å²) < 4.78 is 5.25. The minimum atomic E-state index is -0.468. The molecule has 2 rings (SSSR count). The summed E-state index contributed by atoms with van der Waals surface area (Å²) in [5, 5.41) is 12.6. The van der Waals surface area contributed by atoms with Crippen LogP contribution in [0.5, 0.6) is 0 Å². The first kappa shape index (κ1) is 12.4. The molecule has 2 N–H and O–H groups in total. The van der Waals surface area contributed by atoms with Crippen molar-refractivity contribution in [1.82, 2.24) is 5.32 Å². The number of rotatable bonds is 1. The predicted molar refractivity (Wildman–Crippen MR) is 64.5 cm³/mol. The summed E-state index contributed by atoms with van der Waals surface area (Å²) >= 11 is 0. The molecular formula is C13H21NO3. The van der Waals surface area contributed by atoms with Gasteiger partial charge in [-0.15, -0.1) is 0 Å². The van der Waals surface area contributed by atoms with Crippen LogP contribution in [0.2, 0.25) is 0 Å². The van der Waals surface area contributed by atoms with Gasteiger partial charge in [-0.25, -0.2) is 4.79 Å². The Labute approximate surface area is 102 Å². The molecule has 17 heavy (non-hydrogen) atoms. The van der Waals surface area contributed by atoms with Crippen molar-refractivity contribution >= 4 is 6.09 Å². The summed E-state index contributed by atoms with van der Waals surface area (Å²) in [6, 6.07) is 0.0910. The second-order valence-corrected chi connectivity index (χ2v) is 6.01. The summed E-state index contributed by atoms with van der Waals surface area (Å²) in [7, 11) is 0. The van der Waals surface area contributed by atoms with E-state index in [2.05, 4.69) is 17.5 Å². The van der Waals surface area contributed by atoms with Crippen molar-refractivity contribution in [3.63, 3.8) is 0 Å². The van der Waals surface area contributed by atoms with Crippen molar-refractivity contribution in [2.45, 2.75) is 51.4 Å². The third-order valence-electron chi connectivity index (χ3n) is 3.30. The Hall–Kier alpha value is -1.03. The van der Waals surface area contributed by atoms with Gasteiger partial charge in [-0.3, -0.25) is 0 Å². The molecule has 0 aromatic heterocycles. The first-order valence-corrected chi connectivity index (χ1v) is 6.21. The van der Waals surface area contributed by atoms with Crippen LogP contribution in [-0.4, -0.2) is 28.9 Å². The SMILES string of the molecule is CC(C)(C)OC(=O)NC1[C@@H]2C=C[C@H]1CC(O)C2. The highest BCUT2D eigenvalue weighted by Crippen LogP contribution is 2.37. The van der Waals surface area contributed by atoms with Crippen molar-refractivity contribution in [3.05, 3.63) is 12.2 Å². The molecule has 1 amide bonds. The van der Waals surface area contributed by atoms with Crippen molar-refractivity contribution in [1.29, 1.82) is 0 Å². The predicted octanol–water partition coefficient (Wildman–Crippen LogP) is 1.84. The van der Waals surface area contributed by atoms with Crippen molar-refractivity contribution in [2.24, 2.45) is 11.8 Å². The Kier molecular flexibility index (Phi) is 3.17. The number of carbonyl (C=O) groups excluding carboxylic acids is 1. The van der Waals surface area contributed by atoms with E-state index >= 15 is 0 Å². The van der Waals surface area contributed by atoms with Crippen LogP contribution in [0.1, 0.15) is 33.6 Å². The molecule has 1 fully saturated rings. The Bertz CT molecular complexity index is 316. The molecule has 0 spiro atoms. The fourth-order valence-corrected chi connectivity index (χ4v) is 2.67. The van der Waals surface area contributed by atoms with Crippen molar-refractivity contribution in [3.8, 4) is 0 Å². The second kappa shape index (κ2) is 4.33. The van der Waals surface area contributed by atoms with Crippen LogP contribution in [0.25, 0.3) is 0 Å². The lowest BCUT2D eigenvalue weighted by molar-refractivity contribution is 0.0387. The zero-order valence-electron chi connectivity index (χ0n) is 10.6. The average Bonchev–Trinajstić information content (AvgIpc) is 2.42. The number of amides is 1. The van der Waals surface area contributed by atoms with Crippen LogP contribution in [0.3, 0.4) is 0 Å². The molecule has 1 saturated carbocycles. The summed E-state index contributed by atoms with van der Waals surface area (Å²) in [4.78, 5) is 11.7. The molecule has 4 atom stereocenters. The molecule has 4 nitrogen and oxygen atoms in total. The third kappa shape index (κ3) is 3.00. The van der Waals surface area contributed by atoms with Gasteiger partial charge in [-0.2, -0.15) is 0 Å². The lowest BCUT2D eigenvalue weighted by Crippen LogP contribution is -2.48. The number of nitrogens with one attached hydrogen (secondary N) is 1. The summed E-state index contributed by atoms with van der Waals surface area (Å²) in [6.07, 6.45) is 5.06. The van der Waals surface area contributed by atoms with Gasteiger partial charge in [-0.1, -0.05) is 12.2 Å². The number of fused-ring (bicyclic) bond motifs is 2. The minimum absolute atomic E-state index is 0.0910. The van der Waals surface area contributed by atoms with Crippen LogP contribution in [-0.2, 0) is 4.74 Å². The fraction of sp³-hybridized carbons (Fsp3) is 0.769. The second-order valence-electron chi connectivity index (χ2n) is 6.01. The molecule has 0 heterocycles. The molecule has 2 aliphatic carbocycles. The standard InChI is InChI=1S/C13H21NO3/c1-13(2,3)17-12(16)14-11-8-4-5-9(11)7-10(15)6-8/h4-5,8-11,15H,6-7H2,1-3H3,(H,14,16)/t8-,9+,10?,11?. The smallest absolute Gasteiger partial charge is 0.407 e. The van der Waals surface area contributed by atoms with E-state index in [4.69, 9.17) is 4.74 Å². The number of ether oxygens (including phenoxy) is 1. The fourth-order valence-electron chi connectivity index (χ4n) is 2.67. The van der Waals surface area contributed by atoms with Crippen LogP contribution in [0.4, 0.5) is 4.79 Å². The maximum atomic E-state index is 11.7. The number of alkyl carbamates (subject to hydrolysis) is 1. The quantitative estimate of drug-likeness (QED) is 0.686. The average molecular weight is 239 g/mol. The maximum Gasteiger partial charge on any atom is 0.407 e. The lowest BCUT2D eigenvalue weighted by Gasteiger charge is -2.34. The van der Waals surface area contributed by atoms with Crippen LogP contribution < -0.4 is 5.32 Å². The van der Waals surface area contributed by atoms with Gasteiger partial charge in [0.2, 0.25) is 0 Å². The first-order valence-electron chi connectivity index (χ1n) is 6.21. The summed E-state index contributed by atoms with van der Waals surface area (Å²) in [5.74, 6) is 0.493. The molecule has 2 unspecified atom stereocenters. The Morgan fingerprint density at radius 1 is 1.29 bits per heavy atom. The van der Waals surface area contributed by atoms with E-state index < -0.39 is 5.60 Å². The third-order valence-corrected chi connectivity index (χ3v) is 3.30. The molecule has 0 saturated heterocycles. The van der Waals surface area contributed by atoms with Gasteiger partial charge >= 0.3 is 6.09 Å². The van der Waals surface area contributed by atoms with Gasteiger partial charge in [0.1, 0.15) is 5.60 Å². The molecular weight excluding hydrogens is 218 g/mol. The van der Waals surface area contributed by atoms with Gasteiger partial charge in [0.15, 0.2) is 0 Å². The molecule has 96 valence electrons. The molecule has 0 radical (unpaired) electrons. The first-order chi connectivity index (χ1) is 7.85. The summed E-state index contributed by atoms with van der Waals surface area (Å²) in [5.41, 5.74) is -0.468. The lowest BCUT2D eigenvalue weighted by atomic mass is 9.81. The number of aliphatic hydroxyl groups is 1. The monoisotopic (exact) mass is 239 g/mol. The highest BCUT2D eigenvalue weighted by Gasteiger charge is 2.40. The molecule has 4 heteroatoms. The highest BCUT2D eigenvalue weighted by atomic mass is 16.6. The molecule has 0 aromatic carbocycles. The number of carbonyl (C=O) groups is 1. The number of hydrogen-bond acceptors (Lipinski definition) is 3. The zero-order valence-corrected chi connectivity index (χ0v) is 10.6. The Morgan fingerprint density at radius 3 is 2.29 bits per heavy atom. The van der Waals surface area contributed by atoms with E-state index in [-0.39, 0.29) is 30.1 Å². The Balaban J connectivity index is 1.91. The normalized spacial score (nSPS) is 35.8. The highest BCUT2D eigenvalue weighted by molar-refractivity contribution is 5.68. The van der Waals surface area contributed by atoms with E-state index in [9.17, 15) is 9.90 Å². The van der Waals surface area contributed by atoms with Gasteiger partial charge in [0.05, 0.1) is 6.10 Å². The van der Waals surface area contributed by atoms with Crippen LogP contribution >= 0.6 is 0 Å². The number of hydrogen-bond donors (Lipinski definition) is 2. The van der Waals surface area contributed by atoms with E-state index in [1.165, 1.54) is 0 Å². The summed E-state index contributed by atoms with van der Waals surface area (Å²) in [6.45, 7) is 5.55. The molecule has 2 bridgehead atoms. The maximum absolute atomic E-state index is 11.7. The van der Waals surface area contributed by atoms with Crippen LogP contribution in [0.15, 0.2) is 12.2 Å². The van der Waals surface area contributed by atoms with Crippen molar-refractivity contribution in [2.75, 3.05) is 0 Å². The van der Waals surface area contributed by atoms with E-state index in [0.29, 0.717) is 0 Å². The molecule has 0 aliphatic heterocycles. The van der Waals surface area contributed by atoms with Crippen LogP contribution in [0, 0.1) is 11.8 Å². The largest absolute Gasteiger partial charge is 0.444 e.